The highest BCUT2D eigenvalue weighted by molar-refractivity contribution is 5.94. The van der Waals surface area contributed by atoms with Gasteiger partial charge in [-0.25, -0.2) is 9.37 Å². The number of hydrogen-bond acceptors (Lipinski definition) is 5. The maximum Gasteiger partial charge on any atom is 0.257 e. The van der Waals surface area contributed by atoms with E-state index in [1.165, 1.54) is 17.0 Å². The molecule has 168 valence electrons. The van der Waals surface area contributed by atoms with E-state index in [2.05, 4.69) is 9.97 Å². The molecule has 32 heavy (non-hydrogen) atoms. The normalized spacial score (nSPS) is 22.8. The van der Waals surface area contributed by atoms with Gasteiger partial charge in [0.05, 0.1) is 17.8 Å². The third-order valence-corrected chi connectivity index (χ3v) is 6.58. The predicted molar refractivity (Wildman–Crippen MR) is 113 cm³/mol. The van der Waals surface area contributed by atoms with Crippen molar-refractivity contribution in [3.05, 3.63) is 63.1 Å². The van der Waals surface area contributed by atoms with Gasteiger partial charge in [-0.1, -0.05) is 12.1 Å². The highest BCUT2D eigenvalue weighted by Gasteiger charge is 2.35. The van der Waals surface area contributed by atoms with Gasteiger partial charge in [-0.3, -0.25) is 14.4 Å². The summed E-state index contributed by atoms with van der Waals surface area (Å²) >= 11 is 0. The van der Waals surface area contributed by atoms with Crippen molar-refractivity contribution in [3.8, 4) is 0 Å². The van der Waals surface area contributed by atoms with Gasteiger partial charge in [0.25, 0.3) is 17.4 Å². The first-order chi connectivity index (χ1) is 15.5. The lowest BCUT2D eigenvalue weighted by atomic mass is 10.0. The number of fused-ring (bicyclic) bond motifs is 1. The number of benzene rings is 1. The van der Waals surface area contributed by atoms with E-state index in [0.29, 0.717) is 56.2 Å². The van der Waals surface area contributed by atoms with Crippen molar-refractivity contribution in [3.63, 3.8) is 0 Å². The van der Waals surface area contributed by atoms with Crippen LogP contribution in [0.3, 0.4) is 0 Å². The van der Waals surface area contributed by atoms with E-state index in [9.17, 15) is 18.8 Å². The fraction of sp³-hybridized carbons (Fsp3) is 0.478. The molecule has 2 fully saturated rings. The molecule has 2 amide bonds. The summed E-state index contributed by atoms with van der Waals surface area (Å²) in [7, 11) is 0. The molecule has 2 atom stereocenters. The Kier molecular flexibility index (Phi) is 5.50. The quantitative estimate of drug-likeness (QED) is 0.782. The molecule has 2 saturated heterocycles. The molecule has 2 aromatic rings. The van der Waals surface area contributed by atoms with Gasteiger partial charge in [0.1, 0.15) is 17.7 Å². The van der Waals surface area contributed by atoms with Crippen molar-refractivity contribution in [2.75, 3.05) is 26.2 Å². The Morgan fingerprint density at radius 1 is 1.16 bits per heavy atom. The number of nitrogens with zero attached hydrogens (tertiary/aromatic N) is 3. The van der Waals surface area contributed by atoms with Crippen molar-refractivity contribution in [1.29, 1.82) is 0 Å². The van der Waals surface area contributed by atoms with E-state index >= 15 is 0 Å². The molecule has 1 N–H and O–H groups in total. The predicted octanol–water partition coefficient (Wildman–Crippen LogP) is 1.60. The van der Waals surface area contributed by atoms with Crippen LogP contribution in [0.5, 0.6) is 0 Å². The Bertz CT molecular complexity index is 1110. The SMILES string of the molecule is O=C(c1ccccc1F)N1CCc2c(nc([C@H]3CCN(C(=O)[C@@H]4CCCO4)C3)[nH]c2=O)C1. The second-order valence-corrected chi connectivity index (χ2v) is 8.60. The molecule has 1 aromatic heterocycles. The molecule has 1 aromatic carbocycles. The summed E-state index contributed by atoms with van der Waals surface area (Å²) in [5.74, 6) is -0.504. The lowest BCUT2D eigenvalue weighted by Crippen LogP contribution is -2.40. The Hall–Kier alpha value is -3.07. The second-order valence-electron chi connectivity index (χ2n) is 8.60. The minimum Gasteiger partial charge on any atom is -0.368 e. The first-order valence-electron chi connectivity index (χ1n) is 11.1. The number of H-pyrrole nitrogens is 1. The molecular formula is C23H25FN4O4. The molecule has 0 bridgehead atoms. The lowest BCUT2D eigenvalue weighted by molar-refractivity contribution is -0.139. The largest absolute Gasteiger partial charge is 0.368 e. The Morgan fingerprint density at radius 2 is 2.00 bits per heavy atom. The summed E-state index contributed by atoms with van der Waals surface area (Å²) in [5, 5.41) is 0. The maximum absolute atomic E-state index is 14.1. The number of likely N-dealkylation sites (tertiary alicyclic amines) is 1. The number of carbonyl (C=O) groups is 2. The number of carbonyl (C=O) groups excluding carboxylic acids is 2. The molecule has 0 spiro atoms. The van der Waals surface area contributed by atoms with E-state index in [0.717, 1.165) is 12.8 Å². The molecule has 9 heteroatoms. The highest BCUT2D eigenvalue weighted by atomic mass is 19.1. The zero-order valence-corrected chi connectivity index (χ0v) is 17.7. The van der Waals surface area contributed by atoms with Gasteiger partial charge >= 0.3 is 0 Å². The average molecular weight is 440 g/mol. The number of aromatic nitrogens is 2. The van der Waals surface area contributed by atoms with Crippen LogP contribution in [-0.2, 0) is 22.5 Å². The lowest BCUT2D eigenvalue weighted by Gasteiger charge is -2.28. The summed E-state index contributed by atoms with van der Waals surface area (Å²) in [4.78, 5) is 49.0. The smallest absolute Gasteiger partial charge is 0.257 e. The van der Waals surface area contributed by atoms with Gasteiger partial charge in [-0.2, -0.15) is 0 Å². The van der Waals surface area contributed by atoms with E-state index in [1.807, 2.05) is 0 Å². The zero-order chi connectivity index (χ0) is 22.2. The number of rotatable bonds is 3. The maximum atomic E-state index is 14.1. The third kappa shape index (κ3) is 3.81. The van der Waals surface area contributed by atoms with Crippen LogP contribution in [0.4, 0.5) is 4.39 Å². The molecule has 3 aliphatic heterocycles. The van der Waals surface area contributed by atoms with Crippen LogP contribution in [-0.4, -0.2) is 63.9 Å². The van der Waals surface area contributed by atoms with Crippen LogP contribution < -0.4 is 5.56 Å². The molecular weight excluding hydrogens is 415 g/mol. The third-order valence-electron chi connectivity index (χ3n) is 6.58. The molecule has 3 aliphatic rings. The molecule has 0 aliphatic carbocycles. The van der Waals surface area contributed by atoms with Crippen LogP contribution in [0, 0.1) is 5.82 Å². The number of hydrogen-bond donors (Lipinski definition) is 1. The van der Waals surface area contributed by atoms with Gasteiger partial charge in [0.2, 0.25) is 0 Å². The van der Waals surface area contributed by atoms with Crippen molar-refractivity contribution < 1.29 is 18.7 Å². The fourth-order valence-electron chi connectivity index (χ4n) is 4.79. The monoisotopic (exact) mass is 440 g/mol. The molecule has 8 nitrogen and oxygen atoms in total. The van der Waals surface area contributed by atoms with E-state index in [-0.39, 0.29) is 35.6 Å². The minimum atomic E-state index is -0.565. The number of aromatic amines is 1. The van der Waals surface area contributed by atoms with E-state index in [1.54, 1.807) is 17.0 Å². The Balaban J connectivity index is 1.33. The van der Waals surface area contributed by atoms with Gasteiger partial charge < -0.3 is 19.5 Å². The Labute approximate surface area is 184 Å². The summed E-state index contributed by atoms with van der Waals surface area (Å²) in [6.45, 7) is 2.19. The molecule has 0 unspecified atom stereocenters. The van der Waals surface area contributed by atoms with Crippen molar-refractivity contribution in [2.45, 2.75) is 44.2 Å². The summed E-state index contributed by atoms with van der Waals surface area (Å²) in [5.41, 5.74) is 0.923. The van der Waals surface area contributed by atoms with E-state index < -0.39 is 11.7 Å². The molecule has 0 saturated carbocycles. The topological polar surface area (TPSA) is 95.6 Å². The van der Waals surface area contributed by atoms with Crippen LogP contribution in [0.25, 0.3) is 0 Å². The fourth-order valence-corrected chi connectivity index (χ4v) is 4.79. The highest BCUT2D eigenvalue weighted by Crippen LogP contribution is 2.28. The Morgan fingerprint density at radius 3 is 2.78 bits per heavy atom. The van der Waals surface area contributed by atoms with Gasteiger partial charge in [-0.05, 0) is 37.8 Å². The average Bonchev–Trinajstić information content (AvgIpc) is 3.51. The first kappa shape index (κ1) is 20.8. The number of halogens is 1. The van der Waals surface area contributed by atoms with Crippen LogP contribution in [0.1, 0.15) is 52.6 Å². The van der Waals surface area contributed by atoms with Crippen molar-refractivity contribution >= 4 is 11.8 Å². The van der Waals surface area contributed by atoms with Crippen LogP contribution >= 0.6 is 0 Å². The molecule has 5 rings (SSSR count). The number of ether oxygens (including phenoxy) is 1. The van der Waals surface area contributed by atoms with Crippen LogP contribution in [0.2, 0.25) is 0 Å². The number of nitrogens with one attached hydrogen (secondary N) is 1. The summed E-state index contributed by atoms with van der Waals surface area (Å²) < 4.78 is 19.6. The van der Waals surface area contributed by atoms with E-state index in [4.69, 9.17) is 4.74 Å². The summed E-state index contributed by atoms with van der Waals surface area (Å²) in [6, 6.07) is 5.89. The zero-order valence-electron chi connectivity index (χ0n) is 17.7. The van der Waals surface area contributed by atoms with Gasteiger partial charge in [0, 0.05) is 37.7 Å². The number of amides is 2. The molecule has 0 radical (unpaired) electrons. The van der Waals surface area contributed by atoms with Crippen molar-refractivity contribution in [1.82, 2.24) is 19.8 Å². The van der Waals surface area contributed by atoms with Gasteiger partial charge in [-0.15, -0.1) is 0 Å². The second kappa shape index (κ2) is 8.46. The van der Waals surface area contributed by atoms with Gasteiger partial charge in [0.15, 0.2) is 0 Å². The molecule has 4 heterocycles. The standard InChI is InChI=1S/C23H25FN4O4/c24-17-5-2-1-4-15(17)22(30)28-10-8-16-18(13-28)25-20(26-21(16)29)14-7-9-27(12-14)23(31)19-6-3-11-32-19/h1-2,4-5,14,19H,3,6-13H2,(H,25,26,29)/t14-,19-/m0/s1. The summed E-state index contributed by atoms with van der Waals surface area (Å²) in [6.07, 6.45) is 2.36. The minimum absolute atomic E-state index is 0.00645. The van der Waals surface area contributed by atoms with Crippen molar-refractivity contribution in [2.24, 2.45) is 0 Å². The first-order valence-corrected chi connectivity index (χ1v) is 11.1. The van der Waals surface area contributed by atoms with Crippen LogP contribution in [0.15, 0.2) is 29.1 Å².